The van der Waals surface area contributed by atoms with Gasteiger partial charge in [0.2, 0.25) is 0 Å². The summed E-state index contributed by atoms with van der Waals surface area (Å²) in [7, 11) is 0. The van der Waals surface area contributed by atoms with Crippen LogP contribution in [0.4, 0.5) is 0 Å². The molecule has 0 saturated carbocycles. The van der Waals surface area contributed by atoms with Crippen LogP contribution in [0.5, 0.6) is 0 Å². The fourth-order valence-electron chi connectivity index (χ4n) is 1.34. The van der Waals surface area contributed by atoms with Crippen LogP contribution >= 0.6 is 0 Å². The summed E-state index contributed by atoms with van der Waals surface area (Å²) in [4.78, 5) is 8.27. The van der Waals surface area contributed by atoms with E-state index in [0.717, 1.165) is 12.1 Å². The maximum atomic E-state index is 4.23. The van der Waals surface area contributed by atoms with Gasteiger partial charge in [-0.2, -0.15) is 0 Å². The summed E-state index contributed by atoms with van der Waals surface area (Å²) in [6.45, 7) is 2.09. The smallest absolute Gasteiger partial charge is 0.0630 e. The highest BCUT2D eigenvalue weighted by atomic mass is 14.8. The minimum atomic E-state index is 0.855. The zero-order valence-electron chi connectivity index (χ0n) is 8.14. The Bertz CT molecular complexity index is 392. The van der Waals surface area contributed by atoms with Crippen LogP contribution in [0.15, 0.2) is 42.9 Å². The van der Waals surface area contributed by atoms with Gasteiger partial charge < -0.3 is 0 Å². The van der Waals surface area contributed by atoms with Crippen molar-refractivity contribution in [2.45, 2.75) is 13.3 Å². The number of hydrogen-bond acceptors (Lipinski definition) is 2. The number of rotatable bonds is 2. The predicted molar refractivity (Wildman–Crippen MR) is 56.0 cm³/mol. The van der Waals surface area contributed by atoms with Gasteiger partial charge in [0.1, 0.15) is 0 Å². The summed E-state index contributed by atoms with van der Waals surface area (Å²) >= 11 is 0. The molecular formula is C12H12N2. The third-order valence-corrected chi connectivity index (χ3v) is 2.12. The molecule has 0 fully saturated rings. The van der Waals surface area contributed by atoms with E-state index >= 15 is 0 Å². The summed E-state index contributed by atoms with van der Waals surface area (Å²) in [6, 6.07) is 8.49. The Morgan fingerprint density at radius 1 is 1.07 bits per heavy atom. The van der Waals surface area contributed by atoms with Crippen molar-refractivity contribution in [2.24, 2.45) is 0 Å². The van der Waals surface area contributed by atoms with Crippen LogP contribution in [0, 0.1) is 6.92 Å². The molecule has 0 atom stereocenters. The molecule has 0 spiro atoms. The van der Waals surface area contributed by atoms with Crippen molar-refractivity contribution in [3.63, 3.8) is 0 Å². The van der Waals surface area contributed by atoms with Crippen LogP contribution in [-0.4, -0.2) is 9.97 Å². The lowest BCUT2D eigenvalue weighted by Crippen LogP contribution is -1.92. The number of hydrogen-bond donors (Lipinski definition) is 0. The quantitative estimate of drug-likeness (QED) is 0.716. The molecule has 14 heavy (non-hydrogen) atoms. The zero-order valence-corrected chi connectivity index (χ0v) is 8.14. The van der Waals surface area contributed by atoms with E-state index in [2.05, 4.69) is 41.2 Å². The van der Waals surface area contributed by atoms with Gasteiger partial charge in [0.15, 0.2) is 0 Å². The predicted octanol–water partition coefficient (Wildman–Crippen LogP) is 2.38. The molecule has 0 aliphatic heterocycles. The van der Waals surface area contributed by atoms with Crippen molar-refractivity contribution in [3.05, 3.63) is 59.7 Å². The molecule has 1 aromatic heterocycles. The molecule has 1 heterocycles. The molecule has 0 radical (unpaired) electrons. The fraction of sp³-hybridized carbons (Fsp3) is 0.167. The molecule has 70 valence electrons. The maximum absolute atomic E-state index is 4.23. The lowest BCUT2D eigenvalue weighted by molar-refractivity contribution is 1.03. The molecule has 0 saturated heterocycles. The largest absolute Gasteiger partial charge is 0.261 e. The monoisotopic (exact) mass is 184 g/mol. The Balaban J connectivity index is 2.16. The average Bonchev–Trinajstić information content (AvgIpc) is 2.23. The van der Waals surface area contributed by atoms with Crippen molar-refractivity contribution < 1.29 is 0 Å². The summed E-state index contributed by atoms with van der Waals surface area (Å²) in [5.74, 6) is 0. The van der Waals surface area contributed by atoms with Crippen LogP contribution in [0.25, 0.3) is 0 Å². The Kier molecular flexibility index (Phi) is 2.54. The van der Waals surface area contributed by atoms with Crippen LogP contribution < -0.4 is 0 Å². The summed E-state index contributed by atoms with van der Waals surface area (Å²) in [5.41, 5.74) is 3.57. The van der Waals surface area contributed by atoms with Gasteiger partial charge in [-0.05, 0) is 12.5 Å². The molecule has 1 aromatic carbocycles. The summed E-state index contributed by atoms with van der Waals surface area (Å²) in [6.07, 6.45) is 6.08. The van der Waals surface area contributed by atoms with Gasteiger partial charge in [-0.25, -0.2) is 0 Å². The number of aromatic nitrogens is 2. The first-order valence-corrected chi connectivity index (χ1v) is 4.65. The normalized spacial score (nSPS) is 10.1. The van der Waals surface area contributed by atoms with E-state index in [1.54, 1.807) is 18.6 Å². The molecule has 0 aliphatic rings. The highest BCUT2D eigenvalue weighted by molar-refractivity contribution is 5.24. The van der Waals surface area contributed by atoms with Gasteiger partial charge in [-0.1, -0.05) is 29.8 Å². The van der Waals surface area contributed by atoms with Gasteiger partial charge in [-0.3, -0.25) is 9.97 Å². The van der Waals surface area contributed by atoms with Gasteiger partial charge in [0.05, 0.1) is 5.69 Å². The minimum absolute atomic E-state index is 0.855. The number of benzene rings is 1. The zero-order chi connectivity index (χ0) is 9.80. The SMILES string of the molecule is Cc1ccc(Cc2cnccn2)cc1. The lowest BCUT2D eigenvalue weighted by atomic mass is 10.1. The van der Waals surface area contributed by atoms with Crippen molar-refractivity contribution >= 4 is 0 Å². The third-order valence-electron chi connectivity index (χ3n) is 2.12. The van der Waals surface area contributed by atoms with Crippen LogP contribution in [0.3, 0.4) is 0 Å². The molecule has 2 nitrogen and oxygen atoms in total. The standard InChI is InChI=1S/C12H12N2/c1-10-2-4-11(5-3-10)8-12-9-13-6-7-14-12/h2-7,9H,8H2,1H3. The van der Waals surface area contributed by atoms with E-state index in [1.165, 1.54) is 11.1 Å². The molecule has 2 rings (SSSR count). The Hall–Kier alpha value is -1.70. The van der Waals surface area contributed by atoms with E-state index < -0.39 is 0 Å². The Morgan fingerprint density at radius 2 is 1.86 bits per heavy atom. The van der Waals surface area contributed by atoms with Crippen molar-refractivity contribution in [3.8, 4) is 0 Å². The second kappa shape index (κ2) is 4.01. The Labute approximate surface area is 83.7 Å². The first kappa shape index (κ1) is 8.88. The fourth-order valence-corrected chi connectivity index (χ4v) is 1.34. The van der Waals surface area contributed by atoms with Gasteiger partial charge >= 0.3 is 0 Å². The maximum Gasteiger partial charge on any atom is 0.0630 e. The average molecular weight is 184 g/mol. The van der Waals surface area contributed by atoms with E-state index in [4.69, 9.17) is 0 Å². The topological polar surface area (TPSA) is 25.8 Å². The van der Waals surface area contributed by atoms with Crippen molar-refractivity contribution in [1.82, 2.24) is 9.97 Å². The van der Waals surface area contributed by atoms with Crippen LogP contribution in [0.2, 0.25) is 0 Å². The minimum Gasteiger partial charge on any atom is -0.261 e. The molecule has 0 aliphatic carbocycles. The molecule has 0 N–H and O–H groups in total. The van der Waals surface area contributed by atoms with Crippen molar-refractivity contribution in [2.75, 3.05) is 0 Å². The second-order valence-corrected chi connectivity index (χ2v) is 3.36. The van der Waals surface area contributed by atoms with E-state index in [-0.39, 0.29) is 0 Å². The number of aryl methyl sites for hydroxylation is 1. The molecule has 0 amide bonds. The van der Waals surface area contributed by atoms with Crippen LogP contribution in [-0.2, 0) is 6.42 Å². The third kappa shape index (κ3) is 2.16. The molecule has 0 bridgehead atoms. The second-order valence-electron chi connectivity index (χ2n) is 3.36. The Morgan fingerprint density at radius 3 is 2.50 bits per heavy atom. The first-order chi connectivity index (χ1) is 6.84. The van der Waals surface area contributed by atoms with Crippen LogP contribution in [0.1, 0.15) is 16.8 Å². The van der Waals surface area contributed by atoms with E-state index in [0.29, 0.717) is 0 Å². The van der Waals surface area contributed by atoms with E-state index in [1.807, 2.05) is 0 Å². The van der Waals surface area contributed by atoms with Gasteiger partial charge in [0, 0.05) is 25.0 Å². The lowest BCUT2D eigenvalue weighted by Gasteiger charge is -2.00. The first-order valence-electron chi connectivity index (χ1n) is 4.65. The molecule has 2 aromatic rings. The number of nitrogens with zero attached hydrogens (tertiary/aromatic N) is 2. The molecule has 2 heteroatoms. The van der Waals surface area contributed by atoms with Gasteiger partial charge in [-0.15, -0.1) is 0 Å². The van der Waals surface area contributed by atoms with Crippen molar-refractivity contribution in [1.29, 1.82) is 0 Å². The molecule has 0 unspecified atom stereocenters. The van der Waals surface area contributed by atoms with Gasteiger partial charge in [0.25, 0.3) is 0 Å². The summed E-state index contributed by atoms with van der Waals surface area (Å²) in [5, 5.41) is 0. The highest BCUT2D eigenvalue weighted by Gasteiger charge is 1.96. The summed E-state index contributed by atoms with van der Waals surface area (Å²) < 4.78 is 0. The van der Waals surface area contributed by atoms with E-state index in [9.17, 15) is 0 Å². The highest BCUT2D eigenvalue weighted by Crippen LogP contribution is 2.07. The molecular weight excluding hydrogens is 172 g/mol.